The molecule has 0 saturated heterocycles. The molecule has 3 rings (SSSR count). The third kappa shape index (κ3) is 3.73. The van der Waals surface area contributed by atoms with Gasteiger partial charge in [-0.15, -0.1) is 0 Å². The Hall–Kier alpha value is -2.83. The number of benzene rings is 1. The van der Waals surface area contributed by atoms with Gasteiger partial charge in [0.2, 0.25) is 5.91 Å². The second kappa shape index (κ2) is 6.35. The molecule has 124 valence electrons. The van der Waals surface area contributed by atoms with E-state index in [0.717, 1.165) is 11.8 Å². The fraction of sp³-hybridized carbons (Fsp3) is 0.176. The molecule has 2 N–H and O–H groups in total. The summed E-state index contributed by atoms with van der Waals surface area (Å²) in [6, 6.07) is 11.1. The van der Waals surface area contributed by atoms with Gasteiger partial charge < -0.3 is 10.3 Å². The molecule has 0 unspecified atom stereocenters. The van der Waals surface area contributed by atoms with Crippen molar-refractivity contribution in [2.75, 3.05) is 5.32 Å². The minimum absolute atomic E-state index is 0.216. The van der Waals surface area contributed by atoms with Gasteiger partial charge in [-0.05, 0) is 42.8 Å². The maximum absolute atomic E-state index is 12.7. The van der Waals surface area contributed by atoms with Crippen LogP contribution in [0.25, 0.3) is 10.9 Å². The first-order valence-electron chi connectivity index (χ1n) is 7.31. The van der Waals surface area contributed by atoms with Crippen LogP contribution in [0.2, 0.25) is 0 Å². The molecule has 0 saturated carbocycles. The molecule has 0 spiro atoms. The fourth-order valence-electron chi connectivity index (χ4n) is 2.37. The van der Waals surface area contributed by atoms with E-state index in [4.69, 9.17) is 0 Å². The lowest BCUT2D eigenvalue weighted by Crippen LogP contribution is -2.12. The van der Waals surface area contributed by atoms with Crippen molar-refractivity contribution in [3.05, 3.63) is 60.0 Å². The minimum atomic E-state index is -4.43. The lowest BCUT2D eigenvalue weighted by molar-refractivity contribution is -0.140. The average molecular weight is 333 g/mol. The number of alkyl halides is 3. The number of H-pyrrole nitrogens is 1. The molecular weight excluding hydrogens is 319 g/mol. The number of hydrogen-bond acceptors (Lipinski definition) is 2. The number of rotatable bonds is 4. The predicted octanol–water partition coefficient (Wildman–Crippen LogP) is 4.15. The predicted molar refractivity (Wildman–Crippen MR) is 84.5 cm³/mol. The first-order valence-corrected chi connectivity index (χ1v) is 7.31. The number of halogens is 3. The third-order valence-corrected chi connectivity index (χ3v) is 3.54. The SMILES string of the molecule is O=C(CCc1ccccn1)Nc1ccc2[nH]c(C(F)(F)F)cc2c1. The van der Waals surface area contributed by atoms with Crippen molar-refractivity contribution in [2.45, 2.75) is 19.0 Å². The quantitative estimate of drug-likeness (QED) is 0.753. The zero-order valence-electron chi connectivity index (χ0n) is 12.5. The Kier molecular flexibility index (Phi) is 4.24. The Morgan fingerprint density at radius 2 is 2.00 bits per heavy atom. The molecule has 1 aromatic carbocycles. The van der Waals surface area contributed by atoms with Crippen molar-refractivity contribution in [1.82, 2.24) is 9.97 Å². The zero-order chi connectivity index (χ0) is 17.2. The number of aryl methyl sites for hydroxylation is 1. The van der Waals surface area contributed by atoms with E-state index in [9.17, 15) is 18.0 Å². The van der Waals surface area contributed by atoms with Gasteiger partial charge in [0.25, 0.3) is 0 Å². The highest BCUT2D eigenvalue weighted by molar-refractivity contribution is 5.94. The van der Waals surface area contributed by atoms with Crippen molar-refractivity contribution in [3.8, 4) is 0 Å². The van der Waals surface area contributed by atoms with E-state index in [-0.39, 0.29) is 12.3 Å². The molecule has 0 aliphatic carbocycles. The van der Waals surface area contributed by atoms with Gasteiger partial charge in [-0.3, -0.25) is 9.78 Å². The number of nitrogens with zero attached hydrogens (tertiary/aromatic N) is 1. The molecule has 0 bridgehead atoms. The first kappa shape index (κ1) is 16.0. The van der Waals surface area contributed by atoms with E-state index in [1.165, 1.54) is 12.1 Å². The van der Waals surface area contributed by atoms with Crippen molar-refractivity contribution in [2.24, 2.45) is 0 Å². The fourth-order valence-corrected chi connectivity index (χ4v) is 2.37. The highest BCUT2D eigenvalue weighted by Gasteiger charge is 2.32. The smallest absolute Gasteiger partial charge is 0.351 e. The Morgan fingerprint density at radius 1 is 1.17 bits per heavy atom. The summed E-state index contributed by atoms with van der Waals surface area (Å²) in [6.45, 7) is 0. The highest BCUT2D eigenvalue weighted by atomic mass is 19.4. The van der Waals surface area contributed by atoms with Crippen LogP contribution in [-0.4, -0.2) is 15.9 Å². The molecule has 24 heavy (non-hydrogen) atoms. The van der Waals surface area contributed by atoms with Crippen molar-refractivity contribution < 1.29 is 18.0 Å². The molecule has 7 heteroatoms. The molecule has 3 aromatic rings. The van der Waals surface area contributed by atoms with Gasteiger partial charge in [0.15, 0.2) is 0 Å². The number of nitrogens with one attached hydrogen (secondary N) is 2. The second-order valence-electron chi connectivity index (χ2n) is 5.35. The number of carbonyl (C=O) groups is 1. The Morgan fingerprint density at radius 3 is 2.71 bits per heavy atom. The molecular formula is C17H14F3N3O. The summed E-state index contributed by atoms with van der Waals surface area (Å²) in [5, 5.41) is 3.08. The van der Waals surface area contributed by atoms with Gasteiger partial charge in [-0.1, -0.05) is 6.07 Å². The number of aromatic amines is 1. The van der Waals surface area contributed by atoms with E-state index in [1.54, 1.807) is 18.3 Å². The summed E-state index contributed by atoms with van der Waals surface area (Å²) in [6.07, 6.45) is -2.02. The van der Waals surface area contributed by atoms with E-state index in [0.29, 0.717) is 23.0 Å². The van der Waals surface area contributed by atoms with Crippen LogP contribution in [0.3, 0.4) is 0 Å². The number of pyridine rings is 1. The summed E-state index contributed by atoms with van der Waals surface area (Å²) in [5.74, 6) is -0.216. The van der Waals surface area contributed by atoms with Gasteiger partial charge in [-0.25, -0.2) is 0 Å². The molecule has 0 radical (unpaired) electrons. The summed E-state index contributed by atoms with van der Waals surface area (Å²) in [4.78, 5) is 18.4. The molecule has 4 nitrogen and oxygen atoms in total. The van der Waals surface area contributed by atoms with Gasteiger partial charge in [0, 0.05) is 34.9 Å². The van der Waals surface area contributed by atoms with E-state index in [1.807, 2.05) is 12.1 Å². The van der Waals surface area contributed by atoms with Crippen LogP contribution in [0.15, 0.2) is 48.7 Å². The van der Waals surface area contributed by atoms with Crippen LogP contribution in [0.4, 0.5) is 18.9 Å². The minimum Gasteiger partial charge on any atom is -0.351 e. The van der Waals surface area contributed by atoms with E-state index in [2.05, 4.69) is 15.3 Å². The monoisotopic (exact) mass is 333 g/mol. The zero-order valence-corrected chi connectivity index (χ0v) is 12.5. The first-order chi connectivity index (χ1) is 11.4. The number of amides is 1. The topological polar surface area (TPSA) is 57.8 Å². The Balaban J connectivity index is 1.67. The summed E-state index contributed by atoms with van der Waals surface area (Å²) in [7, 11) is 0. The summed E-state index contributed by atoms with van der Waals surface area (Å²) >= 11 is 0. The molecule has 2 heterocycles. The number of hydrogen-bond donors (Lipinski definition) is 2. The molecule has 0 fully saturated rings. The van der Waals surface area contributed by atoms with Crippen LogP contribution < -0.4 is 5.32 Å². The van der Waals surface area contributed by atoms with Crippen LogP contribution in [-0.2, 0) is 17.4 Å². The number of anilines is 1. The largest absolute Gasteiger partial charge is 0.431 e. The third-order valence-electron chi connectivity index (χ3n) is 3.54. The summed E-state index contributed by atoms with van der Waals surface area (Å²) in [5.41, 5.74) is 0.828. The van der Waals surface area contributed by atoms with Crippen molar-refractivity contribution >= 4 is 22.5 Å². The van der Waals surface area contributed by atoms with Gasteiger partial charge >= 0.3 is 6.18 Å². The van der Waals surface area contributed by atoms with Crippen LogP contribution in [0, 0.1) is 0 Å². The van der Waals surface area contributed by atoms with Crippen molar-refractivity contribution in [3.63, 3.8) is 0 Å². The normalized spacial score (nSPS) is 11.6. The van der Waals surface area contributed by atoms with Gasteiger partial charge in [0.1, 0.15) is 5.69 Å². The molecule has 2 aromatic heterocycles. The molecule has 1 amide bonds. The lowest BCUT2D eigenvalue weighted by atomic mass is 10.2. The lowest BCUT2D eigenvalue weighted by Gasteiger charge is -2.05. The summed E-state index contributed by atoms with van der Waals surface area (Å²) < 4.78 is 38.1. The molecule has 0 aliphatic rings. The number of carbonyl (C=O) groups excluding carboxylic acids is 1. The van der Waals surface area contributed by atoms with Crippen LogP contribution >= 0.6 is 0 Å². The van der Waals surface area contributed by atoms with Crippen LogP contribution in [0.1, 0.15) is 17.8 Å². The second-order valence-corrected chi connectivity index (χ2v) is 5.35. The molecule has 0 aliphatic heterocycles. The highest BCUT2D eigenvalue weighted by Crippen LogP contribution is 2.31. The Labute approximate surface area is 135 Å². The van der Waals surface area contributed by atoms with Crippen LogP contribution in [0.5, 0.6) is 0 Å². The maximum Gasteiger partial charge on any atom is 0.431 e. The standard InChI is InChI=1S/C17H14F3N3O/c18-17(19,20)15-10-11-9-13(4-6-14(11)23-15)22-16(24)7-5-12-3-1-2-8-21-12/h1-4,6,8-10,23H,5,7H2,(H,22,24). The average Bonchev–Trinajstić information content (AvgIpc) is 2.97. The molecule has 0 atom stereocenters. The van der Waals surface area contributed by atoms with E-state index >= 15 is 0 Å². The van der Waals surface area contributed by atoms with E-state index < -0.39 is 11.9 Å². The Bertz CT molecular complexity index is 856. The van der Waals surface area contributed by atoms with Crippen molar-refractivity contribution in [1.29, 1.82) is 0 Å². The van der Waals surface area contributed by atoms with Gasteiger partial charge in [0.05, 0.1) is 0 Å². The number of aromatic nitrogens is 2. The number of fused-ring (bicyclic) bond motifs is 1. The van der Waals surface area contributed by atoms with Gasteiger partial charge in [-0.2, -0.15) is 13.2 Å². The maximum atomic E-state index is 12.7.